The van der Waals surface area contributed by atoms with Crippen LogP contribution in [0.25, 0.3) is 0 Å². The molecule has 32 heavy (non-hydrogen) atoms. The maximum Gasteiger partial charge on any atom is 0.508 e. The van der Waals surface area contributed by atoms with Crippen molar-refractivity contribution in [1.82, 2.24) is 0 Å². The third-order valence-corrected chi connectivity index (χ3v) is 9.28. The molecule has 0 radical (unpaired) electrons. The molecule has 0 aromatic carbocycles. The molecular weight excluding hydrogens is 412 g/mol. The van der Waals surface area contributed by atoms with Crippen molar-refractivity contribution in [2.75, 3.05) is 14.2 Å². The Kier molecular flexibility index (Phi) is 5.73. The molecule has 176 valence electrons. The first-order chi connectivity index (χ1) is 15.1. The number of hydrogen-bond acceptors (Lipinski definition) is 7. The molecular formula is C25H34O7. The van der Waals surface area contributed by atoms with Crippen molar-refractivity contribution in [3.63, 3.8) is 0 Å². The van der Waals surface area contributed by atoms with Gasteiger partial charge in [0.15, 0.2) is 0 Å². The van der Waals surface area contributed by atoms with Crippen molar-refractivity contribution in [2.45, 2.75) is 76.6 Å². The molecule has 0 aliphatic heterocycles. The maximum absolute atomic E-state index is 12.2. The van der Waals surface area contributed by atoms with E-state index in [0.29, 0.717) is 12.8 Å². The second-order valence-electron chi connectivity index (χ2n) is 10.4. The van der Waals surface area contributed by atoms with Crippen LogP contribution in [0.3, 0.4) is 0 Å². The number of methoxy groups -OCH3 is 2. The van der Waals surface area contributed by atoms with Crippen molar-refractivity contribution in [1.29, 1.82) is 0 Å². The van der Waals surface area contributed by atoms with Gasteiger partial charge in [-0.15, -0.1) is 6.42 Å². The Morgan fingerprint density at radius 1 is 1.03 bits per heavy atom. The Balaban J connectivity index is 1.71. The van der Waals surface area contributed by atoms with Crippen LogP contribution in [0.2, 0.25) is 0 Å². The Bertz CT molecular complexity index is 859. The number of aliphatic hydroxyl groups is 1. The summed E-state index contributed by atoms with van der Waals surface area (Å²) < 4.78 is 20.7. The number of carbonyl (C=O) groups excluding carboxylic acids is 2. The molecule has 8 atom stereocenters. The van der Waals surface area contributed by atoms with Crippen molar-refractivity contribution < 1.29 is 33.6 Å². The maximum atomic E-state index is 12.2. The molecule has 3 fully saturated rings. The van der Waals surface area contributed by atoms with E-state index in [2.05, 4.69) is 24.5 Å². The van der Waals surface area contributed by atoms with Gasteiger partial charge in [-0.05, 0) is 61.9 Å². The summed E-state index contributed by atoms with van der Waals surface area (Å²) in [5.74, 6) is 3.14. The van der Waals surface area contributed by atoms with E-state index in [1.165, 1.54) is 14.2 Å². The highest BCUT2D eigenvalue weighted by molar-refractivity contribution is 5.60. The molecule has 3 saturated carbocycles. The SMILES string of the molecule is C#C[C@]1(O)CCC2C3C(OC(=O)OC)C=C4CC(OC(=O)OC)CC[C@]4(C)C3CCC21C. The normalized spacial score (nSPS) is 44.6. The van der Waals surface area contributed by atoms with Crippen LogP contribution in [0.1, 0.15) is 58.8 Å². The fourth-order valence-electron chi connectivity index (χ4n) is 7.40. The molecule has 0 saturated heterocycles. The van der Waals surface area contributed by atoms with Gasteiger partial charge < -0.3 is 24.1 Å². The van der Waals surface area contributed by atoms with Crippen LogP contribution < -0.4 is 0 Å². The predicted molar refractivity (Wildman–Crippen MR) is 115 cm³/mol. The number of ether oxygens (including phenoxy) is 4. The third-order valence-electron chi connectivity index (χ3n) is 9.28. The minimum atomic E-state index is -1.14. The van der Waals surface area contributed by atoms with Crippen LogP contribution >= 0.6 is 0 Å². The molecule has 0 amide bonds. The van der Waals surface area contributed by atoms with Gasteiger partial charge >= 0.3 is 12.3 Å². The topological polar surface area (TPSA) is 91.3 Å². The van der Waals surface area contributed by atoms with Gasteiger partial charge in [0.25, 0.3) is 0 Å². The largest absolute Gasteiger partial charge is 0.508 e. The predicted octanol–water partition coefficient (Wildman–Crippen LogP) is 4.23. The summed E-state index contributed by atoms with van der Waals surface area (Å²) >= 11 is 0. The molecule has 4 aliphatic carbocycles. The highest BCUT2D eigenvalue weighted by Crippen LogP contribution is 2.67. The number of carbonyl (C=O) groups is 2. The van der Waals surface area contributed by atoms with Gasteiger partial charge in [0.05, 0.1) is 14.2 Å². The highest BCUT2D eigenvalue weighted by Gasteiger charge is 2.65. The standard InChI is InChI=1S/C25H34O7/c1-6-25(28)12-9-18-20-17(8-11-24(18,25)3)23(2)10-7-16(31-21(26)29-4)13-15(23)14-19(20)32-22(27)30-5/h1,14,16-20,28H,7-13H2,2-5H3/t16?,17?,18?,19?,20?,23-,24?,25-/m0/s1. The molecule has 4 rings (SSSR count). The van der Waals surface area contributed by atoms with Crippen LogP contribution in [0, 0.1) is 40.9 Å². The Morgan fingerprint density at radius 3 is 2.34 bits per heavy atom. The van der Waals surface area contributed by atoms with Crippen LogP contribution in [0.4, 0.5) is 9.59 Å². The molecule has 7 heteroatoms. The van der Waals surface area contributed by atoms with Gasteiger partial charge in [0.1, 0.15) is 17.8 Å². The molecule has 6 unspecified atom stereocenters. The van der Waals surface area contributed by atoms with Crippen LogP contribution in [-0.2, 0) is 18.9 Å². The van der Waals surface area contributed by atoms with Gasteiger partial charge in [-0.25, -0.2) is 9.59 Å². The van der Waals surface area contributed by atoms with Crippen molar-refractivity contribution in [3.05, 3.63) is 11.6 Å². The van der Waals surface area contributed by atoms with E-state index in [9.17, 15) is 14.7 Å². The lowest BCUT2D eigenvalue weighted by atomic mass is 9.46. The molecule has 0 aromatic rings. The lowest BCUT2D eigenvalue weighted by molar-refractivity contribution is -0.128. The van der Waals surface area contributed by atoms with E-state index in [4.69, 9.17) is 20.6 Å². The summed E-state index contributed by atoms with van der Waals surface area (Å²) in [5.41, 5.74) is -0.501. The summed E-state index contributed by atoms with van der Waals surface area (Å²) in [5, 5.41) is 11.3. The minimum Gasteiger partial charge on any atom is -0.438 e. The Morgan fingerprint density at radius 2 is 1.69 bits per heavy atom. The first kappa shape index (κ1) is 23.0. The van der Waals surface area contributed by atoms with Crippen LogP contribution in [0.5, 0.6) is 0 Å². The van der Waals surface area contributed by atoms with Crippen molar-refractivity contribution in [2.24, 2.45) is 28.6 Å². The molecule has 0 spiro atoms. The molecule has 0 heterocycles. The molecule has 4 aliphatic rings. The summed E-state index contributed by atoms with van der Waals surface area (Å²) in [4.78, 5) is 23.8. The Hall–Kier alpha value is -2.20. The fourth-order valence-corrected chi connectivity index (χ4v) is 7.40. The second-order valence-corrected chi connectivity index (χ2v) is 10.4. The van der Waals surface area contributed by atoms with E-state index < -0.39 is 29.4 Å². The molecule has 1 N–H and O–H groups in total. The summed E-state index contributed by atoms with van der Waals surface area (Å²) in [6, 6.07) is 0. The van der Waals surface area contributed by atoms with Crippen LogP contribution in [0.15, 0.2) is 11.6 Å². The van der Waals surface area contributed by atoms with E-state index in [0.717, 1.165) is 37.7 Å². The van der Waals surface area contributed by atoms with E-state index in [1.807, 2.05) is 6.08 Å². The zero-order chi connectivity index (χ0) is 23.3. The molecule has 0 bridgehead atoms. The zero-order valence-electron chi connectivity index (χ0n) is 19.4. The number of hydrogen-bond donors (Lipinski definition) is 1. The molecule has 0 aromatic heterocycles. The summed E-state index contributed by atoms with van der Waals surface area (Å²) in [6.07, 6.45) is 11.0. The summed E-state index contributed by atoms with van der Waals surface area (Å²) in [6.45, 7) is 4.38. The van der Waals surface area contributed by atoms with Gasteiger partial charge in [0, 0.05) is 17.8 Å². The van der Waals surface area contributed by atoms with E-state index >= 15 is 0 Å². The Labute approximate surface area is 189 Å². The minimum absolute atomic E-state index is 0.0436. The molecule has 7 nitrogen and oxygen atoms in total. The van der Waals surface area contributed by atoms with E-state index in [1.54, 1.807) is 0 Å². The van der Waals surface area contributed by atoms with Gasteiger partial charge in [-0.1, -0.05) is 25.3 Å². The average Bonchev–Trinajstić information content (AvgIpc) is 3.05. The first-order valence-corrected chi connectivity index (χ1v) is 11.5. The van der Waals surface area contributed by atoms with Gasteiger partial charge in [-0.2, -0.15) is 0 Å². The van der Waals surface area contributed by atoms with Crippen LogP contribution in [-0.4, -0.2) is 49.4 Å². The lowest BCUT2D eigenvalue weighted by Crippen LogP contribution is -2.58. The number of rotatable bonds is 2. The lowest BCUT2D eigenvalue weighted by Gasteiger charge is -2.59. The van der Waals surface area contributed by atoms with Gasteiger partial charge in [-0.3, -0.25) is 0 Å². The fraction of sp³-hybridized carbons (Fsp3) is 0.760. The summed E-state index contributed by atoms with van der Waals surface area (Å²) in [7, 11) is 2.61. The smallest absolute Gasteiger partial charge is 0.438 e. The average molecular weight is 447 g/mol. The highest BCUT2D eigenvalue weighted by atomic mass is 16.7. The quantitative estimate of drug-likeness (QED) is 0.386. The zero-order valence-corrected chi connectivity index (χ0v) is 19.4. The monoisotopic (exact) mass is 446 g/mol. The van der Waals surface area contributed by atoms with Crippen molar-refractivity contribution in [3.8, 4) is 12.3 Å². The van der Waals surface area contributed by atoms with Crippen molar-refractivity contribution >= 4 is 12.3 Å². The first-order valence-electron chi connectivity index (χ1n) is 11.5. The van der Waals surface area contributed by atoms with Gasteiger partial charge in [0.2, 0.25) is 0 Å². The second kappa shape index (κ2) is 7.98. The number of fused-ring (bicyclic) bond motifs is 5. The third kappa shape index (κ3) is 3.30. The van der Waals surface area contributed by atoms with E-state index in [-0.39, 0.29) is 29.3 Å². The number of terminal acetylenes is 1.